The number of carbonyl (C=O) groups excluding carboxylic acids is 2. The number of methoxy groups -OCH3 is 1. The highest BCUT2D eigenvalue weighted by Gasteiger charge is 2.20. The molecule has 0 spiro atoms. The predicted molar refractivity (Wildman–Crippen MR) is 96.0 cm³/mol. The van der Waals surface area contributed by atoms with Gasteiger partial charge in [0.1, 0.15) is 11.5 Å². The lowest BCUT2D eigenvalue weighted by Crippen LogP contribution is -2.32. The van der Waals surface area contributed by atoms with Gasteiger partial charge in [-0.1, -0.05) is 19.1 Å². The Kier molecular flexibility index (Phi) is 6.00. The first-order chi connectivity index (χ1) is 12.0. The monoisotopic (exact) mass is 342 g/mol. The molecule has 132 valence electrons. The first-order valence-electron chi connectivity index (χ1n) is 7.97. The molecule has 0 saturated heterocycles. The summed E-state index contributed by atoms with van der Waals surface area (Å²) in [6, 6.07) is 12.1. The lowest BCUT2D eigenvalue weighted by atomic mass is 10.1. The van der Waals surface area contributed by atoms with Crippen molar-refractivity contribution in [2.45, 2.75) is 26.4 Å². The van der Waals surface area contributed by atoms with Crippen molar-refractivity contribution in [1.82, 2.24) is 0 Å². The van der Waals surface area contributed by atoms with Gasteiger partial charge in [-0.15, -0.1) is 0 Å². The number of anilines is 1. The zero-order chi connectivity index (χ0) is 18.4. The minimum absolute atomic E-state index is 0.296. The first-order valence-corrected chi connectivity index (χ1v) is 7.97. The minimum Gasteiger partial charge on any atom is -0.497 e. The Labute approximate surface area is 146 Å². The number of primary amides is 1. The molecular formula is C19H22N2O4. The second-order valence-corrected chi connectivity index (χ2v) is 5.53. The Hall–Kier alpha value is -3.02. The molecule has 0 aliphatic heterocycles. The lowest BCUT2D eigenvalue weighted by molar-refractivity contribution is -0.122. The smallest absolute Gasteiger partial charge is 0.265 e. The van der Waals surface area contributed by atoms with Gasteiger partial charge in [-0.05, 0) is 43.2 Å². The van der Waals surface area contributed by atoms with Crippen LogP contribution in [0.15, 0.2) is 42.5 Å². The minimum atomic E-state index is -0.677. The van der Waals surface area contributed by atoms with E-state index in [9.17, 15) is 9.59 Å². The normalized spacial score (nSPS) is 11.5. The fourth-order valence-corrected chi connectivity index (χ4v) is 2.41. The molecule has 2 rings (SSSR count). The van der Waals surface area contributed by atoms with Crippen LogP contribution < -0.4 is 20.5 Å². The molecule has 6 nitrogen and oxygen atoms in total. The van der Waals surface area contributed by atoms with Gasteiger partial charge >= 0.3 is 0 Å². The van der Waals surface area contributed by atoms with E-state index in [1.54, 1.807) is 56.5 Å². The molecule has 0 fully saturated rings. The summed E-state index contributed by atoms with van der Waals surface area (Å²) in [7, 11) is 1.57. The van der Waals surface area contributed by atoms with Crippen LogP contribution in [0, 0.1) is 6.92 Å². The van der Waals surface area contributed by atoms with Crippen LogP contribution in [0.4, 0.5) is 5.69 Å². The van der Waals surface area contributed by atoms with Gasteiger partial charge in [0.25, 0.3) is 5.91 Å². The third-order valence-corrected chi connectivity index (χ3v) is 3.84. The lowest BCUT2D eigenvalue weighted by Gasteiger charge is -2.19. The summed E-state index contributed by atoms with van der Waals surface area (Å²) in [5.74, 6) is 0.366. The van der Waals surface area contributed by atoms with Crippen LogP contribution in [0.25, 0.3) is 0 Å². The molecule has 0 aromatic heterocycles. The molecule has 2 aromatic rings. The number of hydrogen-bond acceptors (Lipinski definition) is 4. The summed E-state index contributed by atoms with van der Waals surface area (Å²) >= 11 is 0. The van der Waals surface area contributed by atoms with E-state index in [4.69, 9.17) is 15.2 Å². The highest BCUT2D eigenvalue weighted by atomic mass is 16.5. The summed E-state index contributed by atoms with van der Waals surface area (Å²) in [5, 5.41) is 2.80. The van der Waals surface area contributed by atoms with Crippen molar-refractivity contribution in [1.29, 1.82) is 0 Å². The Morgan fingerprint density at radius 2 is 1.84 bits per heavy atom. The highest BCUT2D eigenvalue weighted by Crippen LogP contribution is 2.22. The van der Waals surface area contributed by atoms with Crippen molar-refractivity contribution in [3.05, 3.63) is 53.6 Å². The number of benzene rings is 2. The van der Waals surface area contributed by atoms with E-state index in [1.165, 1.54) is 0 Å². The molecule has 0 saturated carbocycles. The topological polar surface area (TPSA) is 90.7 Å². The Balaban J connectivity index is 2.15. The van der Waals surface area contributed by atoms with Crippen molar-refractivity contribution in [3.63, 3.8) is 0 Å². The molecule has 1 atom stereocenters. The molecule has 0 bridgehead atoms. The molecule has 1 unspecified atom stereocenters. The molecule has 2 aromatic carbocycles. The van der Waals surface area contributed by atoms with Gasteiger partial charge in [-0.3, -0.25) is 9.59 Å². The maximum absolute atomic E-state index is 12.6. The molecule has 2 amide bonds. The Morgan fingerprint density at radius 3 is 2.48 bits per heavy atom. The van der Waals surface area contributed by atoms with Gasteiger partial charge in [0.05, 0.1) is 7.11 Å². The van der Waals surface area contributed by atoms with E-state index >= 15 is 0 Å². The van der Waals surface area contributed by atoms with Gasteiger partial charge in [-0.25, -0.2) is 0 Å². The third-order valence-electron chi connectivity index (χ3n) is 3.84. The standard InChI is InChI=1S/C19H22N2O4/c1-4-17(25-14-8-5-7-13(11-14)24-3)19(23)21-16-10-6-9-15(12(16)2)18(20)22/h5-11,17H,4H2,1-3H3,(H2,20,22)(H,21,23). The number of hydrogen-bond donors (Lipinski definition) is 2. The molecule has 0 radical (unpaired) electrons. The summed E-state index contributed by atoms with van der Waals surface area (Å²) in [4.78, 5) is 24.0. The largest absolute Gasteiger partial charge is 0.497 e. The molecule has 3 N–H and O–H groups in total. The van der Waals surface area contributed by atoms with E-state index in [-0.39, 0.29) is 5.91 Å². The number of ether oxygens (including phenoxy) is 2. The van der Waals surface area contributed by atoms with Crippen molar-refractivity contribution >= 4 is 17.5 Å². The number of amides is 2. The molecule has 6 heteroatoms. The Bertz CT molecular complexity index is 774. The average Bonchev–Trinajstić information content (AvgIpc) is 2.61. The van der Waals surface area contributed by atoms with Gasteiger partial charge in [0.15, 0.2) is 6.10 Å². The van der Waals surface area contributed by atoms with Crippen molar-refractivity contribution in [3.8, 4) is 11.5 Å². The van der Waals surface area contributed by atoms with E-state index < -0.39 is 12.0 Å². The van der Waals surface area contributed by atoms with Crippen LogP contribution in [0.2, 0.25) is 0 Å². The summed E-state index contributed by atoms with van der Waals surface area (Å²) in [6.07, 6.45) is -0.193. The van der Waals surface area contributed by atoms with E-state index in [2.05, 4.69) is 5.32 Å². The van der Waals surface area contributed by atoms with Crippen molar-refractivity contribution in [2.24, 2.45) is 5.73 Å². The first kappa shape index (κ1) is 18.3. The zero-order valence-corrected chi connectivity index (χ0v) is 14.5. The molecular weight excluding hydrogens is 320 g/mol. The van der Waals surface area contributed by atoms with Crippen molar-refractivity contribution < 1.29 is 19.1 Å². The third kappa shape index (κ3) is 4.50. The van der Waals surface area contributed by atoms with Crippen molar-refractivity contribution in [2.75, 3.05) is 12.4 Å². The maximum atomic E-state index is 12.6. The second kappa shape index (κ2) is 8.19. The number of nitrogens with one attached hydrogen (secondary N) is 1. The summed E-state index contributed by atoms with van der Waals surface area (Å²) < 4.78 is 10.9. The maximum Gasteiger partial charge on any atom is 0.265 e. The van der Waals surface area contributed by atoms with Crippen LogP contribution in [-0.4, -0.2) is 25.0 Å². The summed E-state index contributed by atoms with van der Waals surface area (Å²) in [5.41, 5.74) is 6.88. The summed E-state index contributed by atoms with van der Waals surface area (Å²) in [6.45, 7) is 3.59. The fraction of sp³-hybridized carbons (Fsp3) is 0.263. The van der Waals surface area contributed by atoms with E-state index in [0.29, 0.717) is 34.7 Å². The van der Waals surface area contributed by atoms with Crippen LogP contribution in [0.5, 0.6) is 11.5 Å². The molecule has 0 heterocycles. The number of nitrogens with two attached hydrogens (primary N) is 1. The molecule has 25 heavy (non-hydrogen) atoms. The molecule has 0 aliphatic carbocycles. The zero-order valence-electron chi connectivity index (χ0n) is 14.5. The quantitative estimate of drug-likeness (QED) is 0.809. The fourth-order valence-electron chi connectivity index (χ4n) is 2.41. The van der Waals surface area contributed by atoms with E-state index in [0.717, 1.165) is 0 Å². The molecule has 0 aliphatic rings. The highest BCUT2D eigenvalue weighted by molar-refractivity contribution is 5.99. The van der Waals surface area contributed by atoms with Crippen LogP contribution in [-0.2, 0) is 4.79 Å². The SMILES string of the molecule is CCC(Oc1cccc(OC)c1)C(=O)Nc1cccc(C(N)=O)c1C. The predicted octanol–water partition coefficient (Wildman–Crippen LogP) is 2.90. The van der Waals surface area contributed by atoms with Crippen LogP contribution >= 0.6 is 0 Å². The number of rotatable bonds is 7. The Morgan fingerprint density at radius 1 is 1.16 bits per heavy atom. The van der Waals surface area contributed by atoms with Crippen LogP contribution in [0.1, 0.15) is 29.3 Å². The van der Waals surface area contributed by atoms with E-state index in [1.807, 2.05) is 6.92 Å². The van der Waals surface area contributed by atoms with Gasteiger partial charge in [0.2, 0.25) is 5.91 Å². The van der Waals surface area contributed by atoms with Crippen LogP contribution in [0.3, 0.4) is 0 Å². The van der Waals surface area contributed by atoms with Gasteiger partial charge in [0, 0.05) is 17.3 Å². The van der Waals surface area contributed by atoms with Gasteiger partial charge < -0.3 is 20.5 Å². The second-order valence-electron chi connectivity index (χ2n) is 5.53. The van der Waals surface area contributed by atoms with Gasteiger partial charge in [-0.2, -0.15) is 0 Å². The average molecular weight is 342 g/mol. The number of carbonyl (C=O) groups is 2.